The van der Waals surface area contributed by atoms with Crippen LogP contribution >= 0.6 is 11.6 Å². The number of carboxylic acid groups (broad SMARTS) is 1. The lowest BCUT2D eigenvalue weighted by Gasteiger charge is -2.01. The van der Waals surface area contributed by atoms with Gasteiger partial charge in [-0.3, -0.25) is 9.59 Å². The van der Waals surface area contributed by atoms with Crippen LogP contribution in [0, 0.1) is 11.8 Å². The van der Waals surface area contributed by atoms with Crippen LogP contribution in [0.4, 0.5) is 0 Å². The van der Waals surface area contributed by atoms with E-state index in [9.17, 15) is 9.59 Å². The zero-order chi connectivity index (χ0) is 9.64. The molecule has 0 saturated heterocycles. The average Bonchev–Trinajstić information content (AvgIpc) is 2.86. The van der Waals surface area contributed by atoms with Crippen molar-refractivity contribution in [2.24, 2.45) is 11.8 Å². The molecule has 0 aromatic heterocycles. The second kappa shape index (κ2) is 2.71. The van der Waals surface area contributed by atoms with Gasteiger partial charge in [0.1, 0.15) is 10.7 Å². The Kier molecular flexibility index (Phi) is 1.88. The number of carbonyl (C=O) groups excluding carboxylic acids is 1. The van der Waals surface area contributed by atoms with Crippen LogP contribution in [0.3, 0.4) is 0 Å². The number of halogens is 1. The van der Waals surface area contributed by atoms with Crippen molar-refractivity contribution in [1.82, 2.24) is 0 Å². The van der Waals surface area contributed by atoms with Gasteiger partial charge in [-0.2, -0.15) is 0 Å². The molecule has 2 saturated carbocycles. The third-order valence-corrected chi connectivity index (χ3v) is 3.49. The van der Waals surface area contributed by atoms with Crippen LogP contribution in [-0.4, -0.2) is 21.7 Å². The molecular formula is C9H11ClO3. The number of carbonyl (C=O) groups is 2. The maximum absolute atomic E-state index is 11.3. The molecule has 4 heteroatoms. The van der Waals surface area contributed by atoms with Gasteiger partial charge in [0.15, 0.2) is 0 Å². The molecule has 2 rings (SSSR count). The highest BCUT2D eigenvalue weighted by Crippen LogP contribution is 2.53. The number of hydrogen-bond acceptors (Lipinski definition) is 2. The van der Waals surface area contributed by atoms with Crippen LogP contribution in [-0.2, 0) is 9.59 Å². The molecule has 13 heavy (non-hydrogen) atoms. The fourth-order valence-electron chi connectivity index (χ4n) is 1.61. The summed E-state index contributed by atoms with van der Waals surface area (Å²) >= 11 is 5.76. The summed E-state index contributed by atoms with van der Waals surface area (Å²) in [4.78, 5) is 20.8. The van der Waals surface area contributed by atoms with Gasteiger partial charge in [-0.15, -0.1) is 11.6 Å². The molecule has 2 fully saturated rings. The highest BCUT2D eigenvalue weighted by molar-refractivity contribution is 6.36. The molecule has 0 aromatic rings. The van der Waals surface area contributed by atoms with Crippen molar-refractivity contribution in [3.05, 3.63) is 0 Å². The van der Waals surface area contributed by atoms with E-state index >= 15 is 0 Å². The normalized spacial score (nSPS) is 37.2. The van der Waals surface area contributed by atoms with Gasteiger partial charge in [-0.1, -0.05) is 0 Å². The Morgan fingerprint density at radius 2 is 2.08 bits per heavy atom. The maximum Gasteiger partial charge on any atom is 0.325 e. The fourth-order valence-corrected chi connectivity index (χ4v) is 1.87. The lowest BCUT2D eigenvalue weighted by atomic mass is 10.1. The summed E-state index contributed by atoms with van der Waals surface area (Å²) in [6.45, 7) is 0. The Hall–Kier alpha value is -0.570. The minimum Gasteiger partial charge on any atom is -0.480 e. The van der Waals surface area contributed by atoms with Gasteiger partial charge in [0.2, 0.25) is 0 Å². The minimum absolute atomic E-state index is 0.125. The van der Waals surface area contributed by atoms with Crippen molar-refractivity contribution in [2.75, 3.05) is 0 Å². The molecule has 0 aliphatic heterocycles. The molecule has 2 atom stereocenters. The maximum atomic E-state index is 11.3. The number of ketones is 1. The zero-order valence-corrected chi connectivity index (χ0v) is 7.88. The molecule has 0 aromatic carbocycles. The molecule has 3 nitrogen and oxygen atoms in total. The van der Waals surface area contributed by atoms with Crippen LogP contribution in [0.15, 0.2) is 0 Å². The summed E-state index contributed by atoms with van der Waals surface area (Å²) < 4.78 is 0. The summed E-state index contributed by atoms with van der Waals surface area (Å²) in [5, 5.41) is 8.71. The Morgan fingerprint density at radius 1 is 1.46 bits per heavy atom. The summed E-state index contributed by atoms with van der Waals surface area (Å²) in [5.41, 5.74) is 0. The predicted octanol–water partition coefficient (Wildman–Crippen LogP) is 1.44. The average molecular weight is 203 g/mol. The van der Waals surface area contributed by atoms with E-state index in [1.165, 1.54) is 0 Å². The lowest BCUT2D eigenvalue weighted by Crippen LogP contribution is -2.18. The van der Waals surface area contributed by atoms with Gasteiger partial charge in [0.05, 0.1) is 0 Å². The van der Waals surface area contributed by atoms with Crippen molar-refractivity contribution in [2.45, 2.75) is 30.6 Å². The molecule has 0 spiro atoms. The first-order chi connectivity index (χ1) is 6.04. The number of alkyl halides is 1. The van der Waals surface area contributed by atoms with E-state index < -0.39 is 10.8 Å². The van der Waals surface area contributed by atoms with Crippen LogP contribution in [0.2, 0.25) is 0 Å². The van der Waals surface area contributed by atoms with Gasteiger partial charge in [-0.25, -0.2) is 0 Å². The van der Waals surface area contributed by atoms with Gasteiger partial charge in [0, 0.05) is 12.3 Å². The first-order valence-corrected chi connectivity index (χ1v) is 4.87. The van der Waals surface area contributed by atoms with Crippen LogP contribution in [0.25, 0.3) is 0 Å². The van der Waals surface area contributed by atoms with E-state index in [2.05, 4.69) is 0 Å². The van der Waals surface area contributed by atoms with Crippen molar-refractivity contribution in [1.29, 1.82) is 0 Å². The molecule has 0 bridgehead atoms. The highest BCUT2D eigenvalue weighted by atomic mass is 35.5. The number of aliphatic carboxylic acids is 1. The Bertz CT molecular complexity index is 272. The standard InChI is InChI=1S/C9H11ClO3/c10-9(8(12)13)4-6(9)3-7(11)5-1-2-5/h5-6H,1-4H2,(H,12,13). The quantitative estimate of drug-likeness (QED) is 0.702. The Morgan fingerprint density at radius 3 is 2.46 bits per heavy atom. The van der Waals surface area contributed by atoms with Crippen molar-refractivity contribution in [3.8, 4) is 0 Å². The third kappa shape index (κ3) is 1.57. The second-order valence-corrected chi connectivity index (χ2v) is 4.69. The van der Waals surface area contributed by atoms with Crippen molar-refractivity contribution in [3.63, 3.8) is 0 Å². The van der Waals surface area contributed by atoms with Crippen molar-refractivity contribution >= 4 is 23.4 Å². The molecule has 0 amide bonds. The first-order valence-electron chi connectivity index (χ1n) is 4.49. The molecule has 0 heterocycles. The summed E-state index contributed by atoms with van der Waals surface area (Å²) in [6.07, 6.45) is 2.77. The van der Waals surface area contributed by atoms with Gasteiger partial charge in [0.25, 0.3) is 0 Å². The first kappa shape index (κ1) is 9.00. The molecule has 72 valence electrons. The van der Waals surface area contributed by atoms with Crippen LogP contribution in [0.1, 0.15) is 25.7 Å². The summed E-state index contributed by atoms with van der Waals surface area (Å²) in [7, 11) is 0. The Balaban J connectivity index is 1.85. The number of rotatable bonds is 4. The monoisotopic (exact) mass is 202 g/mol. The molecule has 1 N–H and O–H groups in total. The molecular weight excluding hydrogens is 192 g/mol. The van der Waals surface area contributed by atoms with E-state index in [1.807, 2.05) is 0 Å². The van der Waals surface area contributed by atoms with Gasteiger partial charge < -0.3 is 5.11 Å². The molecule has 2 aliphatic carbocycles. The predicted molar refractivity (Wildman–Crippen MR) is 46.7 cm³/mol. The van der Waals surface area contributed by atoms with E-state index in [-0.39, 0.29) is 17.6 Å². The fraction of sp³-hybridized carbons (Fsp3) is 0.778. The van der Waals surface area contributed by atoms with Crippen molar-refractivity contribution < 1.29 is 14.7 Å². The second-order valence-electron chi connectivity index (χ2n) is 4.01. The topological polar surface area (TPSA) is 54.4 Å². The molecule has 2 unspecified atom stereocenters. The lowest BCUT2D eigenvalue weighted by molar-refractivity contribution is -0.137. The summed E-state index contributed by atoms with van der Waals surface area (Å²) in [5.74, 6) is -0.688. The number of carboxylic acids is 1. The van der Waals surface area contributed by atoms with E-state index in [0.29, 0.717) is 12.8 Å². The van der Waals surface area contributed by atoms with E-state index in [1.54, 1.807) is 0 Å². The summed E-state index contributed by atoms with van der Waals surface area (Å²) in [6, 6.07) is 0. The van der Waals surface area contributed by atoms with Gasteiger partial charge >= 0.3 is 5.97 Å². The van der Waals surface area contributed by atoms with Gasteiger partial charge in [-0.05, 0) is 25.2 Å². The smallest absolute Gasteiger partial charge is 0.325 e. The van der Waals surface area contributed by atoms with Crippen LogP contribution < -0.4 is 0 Å². The highest BCUT2D eigenvalue weighted by Gasteiger charge is 2.60. The third-order valence-electron chi connectivity index (χ3n) is 2.87. The van der Waals surface area contributed by atoms with E-state index in [4.69, 9.17) is 16.7 Å². The van der Waals surface area contributed by atoms with Crippen LogP contribution in [0.5, 0.6) is 0 Å². The minimum atomic E-state index is -1.12. The SMILES string of the molecule is O=C(CC1CC1(Cl)C(=O)O)C1CC1. The number of Topliss-reactive ketones (excluding diaryl/α,β-unsaturated/α-hetero) is 1. The molecule has 0 radical (unpaired) electrons. The van der Waals surface area contributed by atoms with E-state index in [0.717, 1.165) is 12.8 Å². The number of hydrogen-bond donors (Lipinski definition) is 1. The Labute approximate surface area is 81.1 Å². The zero-order valence-electron chi connectivity index (χ0n) is 7.12. The largest absolute Gasteiger partial charge is 0.480 e. The molecule has 2 aliphatic rings.